The number of nitrogens with one attached hydrogen (secondary N) is 1. The van der Waals surface area contributed by atoms with E-state index in [1.54, 1.807) is 49.5 Å². The van der Waals surface area contributed by atoms with E-state index in [1.165, 1.54) is 12.1 Å². The van der Waals surface area contributed by atoms with Crippen molar-refractivity contribution in [2.75, 3.05) is 50.6 Å². The number of methoxy groups -OCH3 is 2. The smallest absolute Gasteiger partial charge is 0.410 e. The maximum absolute atomic E-state index is 12.6. The van der Waals surface area contributed by atoms with Crippen molar-refractivity contribution < 1.29 is 28.9 Å². The zero-order chi connectivity index (χ0) is 25.5. The molecule has 1 heterocycles. The van der Waals surface area contributed by atoms with Gasteiger partial charge in [-0.15, -0.1) is 0 Å². The summed E-state index contributed by atoms with van der Waals surface area (Å²) in [5.41, 5.74) is 2.85. The van der Waals surface area contributed by atoms with Crippen molar-refractivity contribution in [2.45, 2.75) is 6.61 Å². The second kappa shape index (κ2) is 11.4. The summed E-state index contributed by atoms with van der Waals surface area (Å²) in [6.45, 7) is 2.44. The average molecular weight is 492 g/mol. The van der Waals surface area contributed by atoms with Crippen LogP contribution in [0.1, 0.15) is 15.9 Å². The molecule has 3 aromatic rings. The van der Waals surface area contributed by atoms with Crippen LogP contribution in [-0.4, -0.2) is 62.4 Å². The average Bonchev–Trinajstić information content (AvgIpc) is 2.92. The fourth-order valence-corrected chi connectivity index (χ4v) is 4.02. The quantitative estimate of drug-likeness (QED) is 0.480. The Morgan fingerprint density at radius 2 is 1.58 bits per heavy atom. The van der Waals surface area contributed by atoms with Crippen LogP contribution in [0, 0.1) is 0 Å². The topological polar surface area (TPSA) is 101 Å². The number of carbonyl (C=O) groups excluding carboxylic acids is 2. The summed E-state index contributed by atoms with van der Waals surface area (Å²) in [6, 6.07) is 19.1. The first kappa shape index (κ1) is 24.7. The predicted octanol–water partition coefficient (Wildman–Crippen LogP) is 4.12. The van der Waals surface area contributed by atoms with Crippen molar-refractivity contribution in [1.82, 2.24) is 4.90 Å². The van der Waals surface area contributed by atoms with Crippen LogP contribution in [0.3, 0.4) is 0 Å². The molecule has 2 amide bonds. The first-order valence-electron chi connectivity index (χ1n) is 11.6. The molecule has 0 saturated carbocycles. The van der Waals surface area contributed by atoms with Gasteiger partial charge in [-0.3, -0.25) is 4.79 Å². The van der Waals surface area contributed by atoms with Crippen LogP contribution in [0.4, 0.5) is 16.2 Å². The molecule has 0 bridgehead atoms. The van der Waals surface area contributed by atoms with Gasteiger partial charge in [-0.05, 0) is 54.6 Å². The highest BCUT2D eigenvalue weighted by Crippen LogP contribution is 2.31. The second-order valence-corrected chi connectivity index (χ2v) is 8.23. The normalized spacial score (nSPS) is 13.2. The van der Waals surface area contributed by atoms with Crippen LogP contribution in [0.25, 0.3) is 0 Å². The van der Waals surface area contributed by atoms with Gasteiger partial charge in [0.15, 0.2) is 11.5 Å². The molecule has 4 rings (SSSR count). The Morgan fingerprint density at radius 3 is 2.22 bits per heavy atom. The zero-order valence-corrected chi connectivity index (χ0v) is 20.3. The Hall–Kier alpha value is -4.40. The lowest BCUT2D eigenvalue weighted by Gasteiger charge is -2.35. The van der Waals surface area contributed by atoms with Gasteiger partial charge in [0.05, 0.1) is 14.2 Å². The van der Waals surface area contributed by atoms with E-state index in [1.807, 2.05) is 24.3 Å². The van der Waals surface area contributed by atoms with Gasteiger partial charge in [-0.1, -0.05) is 12.1 Å². The number of nitrogens with zero attached hydrogens (tertiary/aromatic N) is 2. The number of carbonyl (C=O) groups is 2. The molecule has 0 aromatic heterocycles. The number of hydrogen-bond donors (Lipinski definition) is 2. The monoisotopic (exact) mass is 491 g/mol. The van der Waals surface area contributed by atoms with E-state index in [0.717, 1.165) is 11.3 Å². The number of phenols is 1. The van der Waals surface area contributed by atoms with E-state index in [0.29, 0.717) is 48.9 Å². The summed E-state index contributed by atoms with van der Waals surface area (Å²) >= 11 is 0. The van der Waals surface area contributed by atoms with E-state index in [9.17, 15) is 14.7 Å². The molecule has 9 nitrogen and oxygen atoms in total. The molecule has 2 N–H and O–H groups in total. The summed E-state index contributed by atoms with van der Waals surface area (Å²) in [5, 5.41) is 12.2. The molecule has 1 saturated heterocycles. The third-order valence-corrected chi connectivity index (χ3v) is 5.99. The Kier molecular flexibility index (Phi) is 7.79. The number of hydrogen-bond acceptors (Lipinski definition) is 7. The molecular formula is C27H29N3O6. The minimum absolute atomic E-state index is 0.0904. The van der Waals surface area contributed by atoms with Gasteiger partial charge in [-0.25, -0.2) is 4.79 Å². The summed E-state index contributed by atoms with van der Waals surface area (Å²) in [7, 11) is 3.12. The molecule has 0 spiro atoms. The molecule has 9 heteroatoms. The van der Waals surface area contributed by atoms with E-state index < -0.39 is 0 Å². The highest BCUT2D eigenvalue weighted by Gasteiger charge is 2.23. The van der Waals surface area contributed by atoms with Crippen molar-refractivity contribution in [3.8, 4) is 17.2 Å². The van der Waals surface area contributed by atoms with E-state index in [-0.39, 0.29) is 24.4 Å². The Bertz CT molecular complexity index is 1190. The highest BCUT2D eigenvalue weighted by atomic mass is 16.6. The van der Waals surface area contributed by atoms with Crippen molar-refractivity contribution in [3.63, 3.8) is 0 Å². The molecule has 36 heavy (non-hydrogen) atoms. The predicted molar refractivity (Wildman–Crippen MR) is 136 cm³/mol. The minimum Gasteiger partial charge on any atom is -0.508 e. The molecule has 188 valence electrons. The van der Waals surface area contributed by atoms with Gasteiger partial charge in [0.25, 0.3) is 5.91 Å². The van der Waals surface area contributed by atoms with Crippen molar-refractivity contribution >= 4 is 23.4 Å². The summed E-state index contributed by atoms with van der Waals surface area (Å²) in [6.07, 6.45) is -0.374. The van der Waals surface area contributed by atoms with Gasteiger partial charge in [0, 0.05) is 48.7 Å². The molecule has 1 fully saturated rings. The van der Waals surface area contributed by atoms with Gasteiger partial charge in [-0.2, -0.15) is 0 Å². The number of aromatic hydroxyl groups is 1. The Morgan fingerprint density at radius 1 is 0.889 bits per heavy atom. The molecule has 0 aliphatic carbocycles. The van der Waals surface area contributed by atoms with Gasteiger partial charge < -0.3 is 34.4 Å². The molecule has 0 atom stereocenters. The largest absolute Gasteiger partial charge is 0.508 e. The van der Waals surface area contributed by atoms with Crippen LogP contribution in [0.5, 0.6) is 17.2 Å². The molecule has 3 aromatic carbocycles. The lowest BCUT2D eigenvalue weighted by Crippen LogP contribution is -2.48. The van der Waals surface area contributed by atoms with E-state index in [4.69, 9.17) is 14.2 Å². The lowest BCUT2D eigenvalue weighted by atomic mass is 10.1. The number of para-hydroxylation sites is 1. The van der Waals surface area contributed by atoms with Crippen LogP contribution < -0.4 is 19.7 Å². The summed E-state index contributed by atoms with van der Waals surface area (Å²) < 4.78 is 16.2. The van der Waals surface area contributed by atoms with Crippen LogP contribution in [-0.2, 0) is 11.3 Å². The maximum atomic E-state index is 12.6. The minimum atomic E-state index is -0.374. The van der Waals surface area contributed by atoms with Gasteiger partial charge in [0.2, 0.25) is 0 Å². The van der Waals surface area contributed by atoms with Crippen molar-refractivity contribution in [3.05, 3.63) is 77.9 Å². The molecule has 1 aliphatic rings. The third kappa shape index (κ3) is 5.80. The number of phenolic OH excluding ortho intramolecular Hbond substituents is 1. The van der Waals surface area contributed by atoms with Crippen LogP contribution in [0.15, 0.2) is 66.7 Å². The van der Waals surface area contributed by atoms with Gasteiger partial charge in [0.1, 0.15) is 12.4 Å². The first-order valence-corrected chi connectivity index (χ1v) is 11.6. The highest BCUT2D eigenvalue weighted by molar-refractivity contribution is 6.04. The SMILES string of the molecule is COc1cccc(COC(=O)N2CCN(c3ccc(C(=O)Nc4ccc(O)cc4)cc3)CC2)c1OC. The van der Waals surface area contributed by atoms with Gasteiger partial charge >= 0.3 is 6.09 Å². The maximum Gasteiger partial charge on any atom is 0.410 e. The van der Waals surface area contributed by atoms with Crippen molar-refractivity contribution in [1.29, 1.82) is 0 Å². The fraction of sp³-hybridized carbons (Fsp3) is 0.259. The molecule has 0 radical (unpaired) electrons. The Labute approximate surface area is 209 Å². The Balaban J connectivity index is 1.27. The van der Waals surface area contributed by atoms with Crippen LogP contribution in [0.2, 0.25) is 0 Å². The van der Waals surface area contributed by atoms with Crippen molar-refractivity contribution in [2.24, 2.45) is 0 Å². The number of rotatable bonds is 7. The number of benzene rings is 3. The molecular weight excluding hydrogens is 462 g/mol. The molecule has 1 aliphatic heterocycles. The van der Waals surface area contributed by atoms with E-state index >= 15 is 0 Å². The first-order chi connectivity index (χ1) is 17.5. The summed E-state index contributed by atoms with van der Waals surface area (Å²) in [5.74, 6) is 1.05. The zero-order valence-electron chi connectivity index (χ0n) is 20.3. The summed E-state index contributed by atoms with van der Waals surface area (Å²) in [4.78, 5) is 28.9. The lowest BCUT2D eigenvalue weighted by molar-refractivity contribution is 0.0933. The second-order valence-electron chi connectivity index (χ2n) is 8.23. The number of amides is 2. The number of anilines is 2. The number of ether oxygens (including phenoxy) is 3. The third-order valence-electron chi connectivity index (χ3n) is 5.99. The number of piperazine rings is 1. The standard InChI is InChI=1S/C27H29N3O6/c1-34-24-5-3-4-20(25(24)35-2)18-36-27(33)30-16-14-29(15-17-30)22-10-6-19(7-11-22)26(32)28-21-8-12-23(31)13-9-21/h3-13,31H,14-18H2,1-2H3,(H,28,32). The fourth-order valence-electron chi connectivity index (χ4n) is 4.02. The van der Waals surface area contributed by atoms with Crippen LogP contribution >= 0.6 is 0 Å². The van der Waals surface area contributed by atoms with E-state index in [2.05, 4.69) is 10.2 Å². The molecule has 0 unspecified atom stereocenters.